The van der Waals surface area contributed by atoms with Crippen molar-refractivity contribution in [1.82, 2.24) is 0 Å². The molecule has 0 aliphatic carbocycles. The Kier molecular flexibility index (Phi) is 8.29. The first kappa shape index (κ1) is 27.8. The third-order valence-electron chi connectivity index (χ3n) is 6.78. The van der Waals surface area contributed by atoms with Crippen molar-refractivity contribution in [2.24, 2.45) is 0 Å². The molecule has 7 heteroatoms. The van der Waals surface area contributed by atoms with Crippen LogP contribution in [0.25, 0.3) is 11.1 Å². The van der Waals surface area contributed by atoms with Crippen molar-refractivity contribution in [1.29, 1.82) is 0 Å². The van der Waals surface area contributed by atoms with Gasteiger partial charge in [0.25, 0.3) is 0 Å². The van der Waals surface area contributed by atoms with Crippen LogP contribution in [-0.2, 0) is 19.4 Å². The van der Waals surface area contributed by atoms with Crippen LogP contribution in [0.4, 0.5) is 13.2 Å². The van der Waals surface area contributed by atoms with Gasteiger partial charge in [-0.05, 0) is 96.1 Å². The van der Waals surface area contributed by atoms with Gasteiger partial charge in [0.1, 0.15) is 42.3 Å². The third kappa shape index (κ3) is 6.25. The van der Waals surface area contributed by atoms with Gasteiger partial charge in [-0.3, -0.25) is 4.79 Å². The fourth-order valence-electron chi connectivity index (χ4n) is 4.47. The van der Waals surface area contributed by atoms with Crippen LogP contribution in [0.2, 0.25) is 0 Å². The van der Waals surface area contributed by atoms with Crippen molar-refractivity contribution in [2.75, 3.05) is 7.11 Å². The number of benzene rings is 4. The summed E-state index contributed by atoms with van der Waals surface area (Å²) >= 11 is 0. The van der Waals surface area contributed by atoms with Crippen molar-refractivity contribution in [3.8, 4) is 28.4 Å². The van der Waals surface area contributed by atoms with E-state index in [2.05, 4.69) is 0 Å². The predicted molar refractivity (Wildman–Crippen MR) is 145 cm³/mol. The highest BCUT2D eigenvalue weighted by molar-refractivity contribution is 5.75. The number of carbonyl (C=O) groups is 1. The first-order valence-corrected chi connectivity index (χ1v) is 12.4. The van der Waals surface area contributed by atoms with Gasteiger partial charge in [-0.1, -0.05) is 36.4 Å². The molecule has 0 saturated heterocycles. The average Bonchev–Trinajstić information content (AvgIpc) is 2.92. The molecule has 0 aliphatic rings. The van der Waals surface area contributed by atoms with Crippen LogP contribution < -0.4 is 14.2 Å². The van der Waals surface area contributed by atoms with Crippen molar-refractivity contribution in [2.45, 2.75) is 40.2 Å². The summed E-state index contributed by atoms with van der Waals surface area (Å²) in [5, 5.41) is 0. The van der Waals surface area contributed by atoms with Crippen molar-refractivity contribution >= 4 is 6.29 Å². The van der Waals surface area contributed by atoms with E-state index in [9.17, 15) is 18.0 Å². The van der Waals surface area contributed by atoms with Crippen LogP contribution in [0.1, 0.15) is 43.7 Å². The smallest absolute Gasteiger partial charge is 0.420 e. The van der Waals surface area contributed by atoms with Gasteiger partial charge in [0, 0.05) is 5.56 Å². The summed E-state index contributed by atoms with van der Waals surface area (Å²) in [4.78, 5) is 11.0. The topological polar surface area (TPSA) is 44.8 Å². The lowest BCUT2D eigenvalue weighted by atomic mass is 9.92. The monoisotopic (exact) mass is 534 g/mol. The molecule has 0 N–H and O–H groups in total. The number of ether oxygens (including phenoxy) is 3. The fraction of sp³-hybridized carbons (Fsp3) is 0.219. The van der Waals surface area contributed by atoms with Crippen LogP contribution in [-0.4, -0.2) is 13.4 Å². The summed E-state index contributed by atoms with van der Waals surface area (Å²) in [6.07, 6.45) is -3.77. The summed E-state index contributed by atoms with van der Waals surface area (Å²) in [7, 11) is 1.32. The maximum Gasteiger partial charge on any atom is 0.420 e. The quantitative estimate of drug-likeness (QED) is 0.203. The zero-order chi connectivity index (χ0) is 28.2. The van der Waals surface area contributed by atoms with Crippen molar-refractivity contribution in [3.63, 3.8) is 0 Å². The molecule has 0 radical (unpaired) electrons. The molecule has 0 unspecified atom stereocenters. The predicted octanol–water partition coefficient (Wildman–Crippen LogP) is 8.28. The van der Waals surface area contributed by atoms with E-state index >= 15 is 0 Å². The molecule has 4 aromatic carbocycles. The minimum atomic E-state index is -4.57. The third-order valence-corrected chi connectivity index (χ3v) is 6.78. The molecule has 0 atom stereocenters. The molecule has 0 aromatic heterocycles. The van der Waals surface area contributed by atoms with E-state index in [1.807, 2.05) is 57.2 Å². The van der Waals surface area contributed by atoms with Gasteiger partial charge in [-0.15, -0.1) is 0 Å². The Morgan fingerprint density at radius 1 is 0.744 bits per heavy atom. The molecule has 0 amide bonds. The minimum Gasteiger partial charge on any atom is -0.497 e. The maximum atomic E-state index is 13.6. The molecule has 39 heavy (non-hydrogen) atoms. The molecule has 4 rings (SSSR count). The zero-order valence-electron chi connectivity index (χ0n) is 22.2. The van der Waals surface area contributed by atoms with Gasteiger partial charge in [0.15, 0.2) is 0 Å². The standard InChI is InChI=1S/C32H29F3O4/c1-20-15-23(17-36)11-13-30(20)38-18-24-7-5-9-27(21(24)2)28-10-6-8-25(22(28)3)19-39-31-14-12-26(37-4)16-29(31)32(33,34)35/h5-17H,18-19H2,1-4H3. The molecule has 0 heterocycles. The number of rotatable bonds is 9. The van der Waals surface area contributed by atoms with Gasteiger partial charge >= 0.3 is 6.18 Å². The number of alkyl halides is 3. The number of hydrogen-bond acceptors (Lipinski definition) is 4. The van der Waals surface area contributed by atoms with Crippen molar-refractivity contribution < 1.29 is 32.2 Å². The summed E-state index contributed by atoms with van der Waals surface area (Å²) in [5.74, 6) is 0.567. The maximum absolute atomic E-state index is 13.6. The Labute approximate surface area is 226 Å². The van der Waals surface area contributed by atoms with Gasteiger partial charge in [0.2, 0.25) is 0 Å². The molecule has 202 valence electrons. The summed E-state index contributed by atoms with van der Waals surface area (Å²) in [5.41, 5.74) is 6.30. The van der Waals surface area contributed by atoms with E-state index in [0.29, 0.717) is 17.9 Å². The Bertz CT molecular complexity index is 1490. The van der Waals surface area contributed by atoms with Crippen LogP contribution >= 0.6 is 0 Å². The lowest BCUT2D eigenvalue weighted by Crippen LogP contribution is -2.09. The van der Waals surface area contributed by atoms with E-state index in [4.69, 9.17) is 14.2 Å². The lowest BCUT2D eigenvalue weighted by Gasteiger charge is -2.18. The van der Waals surface area contributed by atoms with E-state index in [1.165, 1.54) is 19.2 Å². The van der Waals surface area contributed by atoms with Gasteiger partial charge in [-0.2, -0.15) is 13.2 Å². The molecule has 0 aliphatic heterocycles. The number of aryl methyl sites for hydroxylation is 1. The first-order valence-electron chi connectivity index (χ1n) is 12.4. The van der Waals surface area contributed by atoms with Crippen LogP contribution in [0.5, 0.6) is 17.2 Å². The highest BCUT2D eigenvalue weighted by Crippen LogP contribution is 2.39. The Morgan fingerprint density at radius 3 is 1.82 bits per heavy atom. The first-order chi connectivity index (χ1) is 18.6. The normalized spacial score (nSPS) is 11.3. The van der Waals surface area contributed by atoms with E-state index in [0.717, 1.165) is 51.3 Å². The second-order valence-electron chi connectivity index (χ2n) is 9.26. The highest BCUT2D eigenvalue weighted by Gasteiger charge is 2.35. The second-order valence-corrected chi connectivity index (χ2v) is 9.26. The number of aldehydes is 1. The minimum absolute atomic E-state index is 0.0208. The Balaban J connectivity index is 1.57. The fourth-order valence-corrected chi connectivity index (χ4v) is 4.47. The summed E-state index contributed by atoms with van der Waals surface area (Å²) < 4.78 is 57.5. The largest absolute Gasteiger partial charge is 0.497 e. The number of carbonyl (C=O) groups excluding carboxylic acids is 1. The molecule has 0 bridgehead atoms. The molecule has 0 fully saturated rings. The van der Waals surface area contributed by atoms with E-state index in [1.54, 1.807) is 18.2 Å². The molecular weight excluding hydrogens is 505 g/mol. The SMILES string of the molecule is COc1ccc(OCc2cccc(-c3cccc(COc4ccc(C=O)cc4C)c3C)c2C)c(C(F)(F)F)c1. The zero-order valence-corrected chi connectivity index (χ0v) is 22.2. The van der Waals surface area contributed by atoms with E-state index in [-0.39, 0.29) is 18.1 Å². The molecule has 4 aromatic rings. The lowest BCUT2D eigenvalue weighted by molar-refractivity contribution is -0.139. The van der Waals surface area contributed by atoms with Crippen LogP contribution in [0.15, 0.2) is 72.8 Å². The second kappa shape index (κ2) is 11.6. The average molecular weight is 535 g/mol. The van der Waals surface area contributed by atoms with Gasteiger partial charge < -0.3 is 14.2 Å². The number of halogens is 3. The molecule has 0 saturated carbocycles. The molecule has 4 nitrogen and oxygen atoms in total. The van der Waals surface area contributed by atoms with Crippen LogP contribution in [0.3, 0.4) is 0 Å². The summed E-state index contributed by atoms with van der Waals surface area (Å²) in [6.45, 7) is 6.18. The Hall–Kier alpha value is -4.26. The van der Waals surface area contributed by atoms with E-state index < -0.39 is 11.7 Å². The van der Waals surface area contributed by atoms with Crippen LogP contribution in [0, 0.1) is 20.8 Å². The molecular formula is C32H29F3O4. The summed E-state index contributed by atoms with van der Waals surface area (Å²) in [6, 6.07) is 20.6. The van der Waals surface area contributed by atoms with Crippen molar-refractivity contribution in [3.05, 3.63) is 112 Å². The molecule has 0 spiro atoms. The van der Waals surface area contributed by atoms with Gasteiger partial charge in [0.05, 0.1) is 7.11 Å². The highest BCUT2D eigenvalue weighted by atomic mass is 19.4. The number of hydrogen-bond donors (Lipinski definition) is 0. The van der Waals surface area contributed by atoms with Gasteiger partial charge in [-0.25, -0.2) is 0 Å². The Morgan fingerprint density at radius 2 is 1.31 bits per heavy atom. The number of methoxy groups -OCH3 is 1.